The van der Waals surface area contributed by atoms with E-state index >= 15 is 0 Å². The molecule has 0 unspecified atom stereocenters. The molecule has 0 bridgehead atoms. The van der Waals surface area contributed by atoms with Gasteiger partial charge in [-0.25, -0.2) is 4.79 Å². The number of nitrogens with zero attached hydrogens (tertiary/aromatic N) is 1. The summed E-state index contributed by atoms with van der Waals surface area (Å²) in [5.41, 5.74) is 3.08. The van der Waals surface area contributed by atoms with E-state index in [2.05, 4.69) is 5.32 Å². The molecule has 0 spiro atoms. The number of rotatable bonds is 3. The number of ether oxygens (including phenoxy) is 1. The third-order valence-electron chi connectivity index (χ3n) is 4.08. The van der Waals surface area contributed by atoms with E-state index in [1.165, 1.54) is 0 Å². The summed E-state index contributed by atoms with van der Waals surface area (Å²) in [5, 5.41) is 2.93. The standard InChI is InChI=1S/C21H24N2O3/c1-21(2,3)26-20(25)23-12-11-16-14-17(9-10-18(16)23)22-19(24)13-15-7-5-4-6-8-15/h4-10,14H,11-13H2,1-3H3,(H,22,24). The Kier molecular flexibility index (Phi) is 4.98. The summed E-state index contributed by atoms with van der Waals surface area (Å²) >= 11 is 0. The van der Waals surface area contributed by atoms with Gasteiger partial charge in [0.05, 0.1) is 12.1 Å². The van der Waals surface area contributed by atoms with Crippen LogP contribution in [0.25, 0.3) is 0 Å². The van der Waals surface area contributed by atoms with E-state index in [1.54, 1.807) is 4.90 Å². The quantitative estimate of drug-likeness (QED) is 0.902. The van der Waals surface area contributed by atoms with E-state index < -0.39 is 5.60 Å². The number of hydrogen-bond donors (Lipinski definition) is 1. The van der Waals surface area contributed by atoms with Gasteiger partial charge in [0, 0.05) is 12.2 Å². The lowest BCUT2D eigenvalue weighted by Crippen LogP contribution is -2.35. The fourth-order valence-electron chi connectivity index (χ4n) is 2.97. The molecule has 1 N–H and O–H groups in total. The Bertz CT molecular complexity index is 810. The Hall–Kier alpha value is -2.82. The molecule has 1 aliphatic heterocycles. The summed E-state index contributed by atoms with van der Waals surface area (Å²) in [6.45, 7) is 6.15. The normalized spacial score (nSPS) is 13.3. The maximum atomic E-state index is 12.3. The Morgan fingerprint density at radius 2 is 1.85 bits per heavy atom. The molecule has 5 heteroatoms. The average molecular weight is 352 g/mol. The van der Waals surface area contributed by atoms with Crippen LogP contribution in [0.3, 0.4) is 0 Å². The first-order valence-electron chi connectivity index (χ1n) is 8.79. The second-order valence-electron chi connectivity index (χ2n) is 7.44. The lowest BCUT2D eigenvalue weighted by atomic mass is 10.1. The first kappa shape index (κ1) is 18.0. The number of amides is 2. The molecule has 2 aromatic carbocycles. The summed E-state index contributed by atoms with van der Waals surface area (Å²) in [6.07, 6.45) is 0.746. The monoisotopic (exact) mass is 352 g/mol. The van der Waals surface area contributed by atoms with Gasteiger partial charge in [-0.15, -0.1) is 0 Å². The minimum absolute atomic E-state index is 0.0573. The molecule has 1 heterocycles. The third-order valence-corrected chi connectivity index (χ3v) is 4.08. The van der Waals surface area contributed by atoms with Crippen LogP contribution in [0.15, 0.2) is 48.5 Å². The van der Waals surface area contributed by atoms with Crippen molar-refractivity contribution in [2.24, 2.45) is 0 Å². The van der Waals surface area contributed by atoms with Gasteiger partial charge in [0.1, 0.15) is 5.60 Å². The van der Waals surface area contributed by atoms with Crippen molar-refractivity contribution in [3.63, 3.8) is 0 Å². The molecule has 136 valence electrons. The van der Waals surface area contributed by atoms with Crippen LogP contribution in [-0.4, -0.2) is 24.1 Å². The van der Waals surface area contributed by atoms with Crippen LogP contribution < -0.4 is 10.2 Å². The van der Waals surface area contributed by atoms with Crippen LogP contribution >= 0.6 is 0 Å². The molecule has 0 saturated heterocycles. The van der Waals surface area contributed by atoms with Gasteiger partial charge >= 0.3 is 6.09 Å². The minimum atomic E-state index is -0.523. The number of carbonyl (C=O) groups excluding carboxylic acids is 2. The molecule has 0 fully saturated rings. The Morgan fingerprint density at radius 1 is 1.12 bits per heavy atom. The molecular formula is C21H24N2O3. The first-order chi connectivity index (χ1) is 12.3. The number of carbonyl (C=O) groups is 2. The SMILES string of the molecule is CC(C)(C)OC(=O)N1CCc2cc(NC(=O)Cc3ccccc3)ccc21. The lowest BCUT2D eigenvalue weighted by molar-refractivity contribution is -0.115. The van der Waals surface area contributed by atoms with Gasteiger partial charge in [-0.05, 0) is 56.5 Å². The van der Waals surface area contributed by atoms with Crippen molar-refractivity contribution in [2.45, 2.75) is 39.2 Å². The summed E-state index contributed by atoms with van der Waals surface area (Å²) in [7, 11) is 0. The van der Waals surface area contributed by atoms with Gasteiger partial charge in [-0.3, -0.25) is 9.69 Å². The van der Waals surface area contributed by atoms with Gasteiger partial charge in [-0.2, -0.15) is 0 Å². The van der Waals surface area contributed by atoms with Gasteiger partial charge in [-0.1, -0.05) is 30.3 Å². The first-order valence-corrected chi connectivity index (χ1v) is 8.79. The van der Waals surface area contributed by atoms with Crippen molar-refractivity contribution in [1.82, 2.24) is 0 Å². The predicted molar refractivity (Wildman–Crippen MR) is 103 cm³/mol. The minimum Gasteiger partial charge on any atom is -0.443 e. The smallest absolute Gasteiger partial charge is 0.414 e. The zero-order valence-corrected chi connectivity index (χ0v) is 15.4. The maximum absolute atomic E-state index is 12.3. The molecular weight excluding hydrogens is 328 g/mol. The van der Waals surface area contributed by atoms with Gasteiger partial charge in [0.15, 0.2) is 0 Å². The van der Waals surface area contributed by atoms with Crippen molar-refractivity contribution in [3.05, 3.63) is 59.7 Å². The van der Waals surface area contributed by atoms with Crippen molar-refractivity contribution >= 4 is 23.4 Å². The molecule has 2 aromatic rings. The van der Waals surface area contributed by atoms with Crippen LogP contribution in [0.5, 0.6) is 0 Å². The Balaban J connectivity index is 1.66. The number of benzene rings is 2. The van der Waals surface area contributed by atoms with Gasteiger partial charge in [0.25, 0.3) is 0 Å². The zero-order chi connectivity index (χ0) is 18.7. The molecule has 0 aromatic heterocycles. The molecule has 3 rings (SSSR count). The highest BCUT2D eigenvalue weighted by molar-refractivity contribution is 5.94. The molecule has 0 radical (unpaired) electrons. The predicted octanol–water partition coefficient (Wildman–Crippen LogP) is 4.17. The summed E-state index contributed by atoms with van der Waals surface area (Å²) in [5.74, 6) is -0.0573. The Labute approximate surface area is 154 Å². The van der Waals surface area contributed by atoms with Crippen LogP contribution in [0, 0.1) is 0 Å². The van der Waals surface area contributed by atoms with E-state index in [1.807, 2.05) is 69.3 Å². The van der Waals surface area contributed by atoms with Gasteiger partial charge < -0.3 is 10.1 Å². The van der Waals surface area contributed by atoms with E-state index in [-0.39, 0.29) is 12.0 Å². The molecule has 0 saturated carbocycles. The van der Waals surface area contributed by atoms with E-state index in [0.717, 1.165) is 28.9 Å². The third kappa shape index (κ3) is 4.42. The molecule has 5 nitrogen and oxygen atoms in total. The van der Waals surface area contributed by atoms with E-state index in [4.69, 9.17) is 4.74 Å². The summed E-state index contributed by atoms with van der Waals surface area (Å²) < 4.78 is 5.46. The van der Waals surface area contributed by atoms with Crippen LogP contribution in [-0.2, 0) is 22.4 Å². The molecule has 26 heavy (non-hydrogen) atoms. The fourth-order valence-corrected chi connectivity index (χ4v) is 2.97. The summed E-state index contributed by atoms with van der Waals surface area (Å²) in [4.78, 5) is 26.2. The number of anilines is 2. The number of fused-ring (bicyclic) bond motifs is 1. The summed E-state index contributed by atoms with van der Waals surface area (Å²) in [6, 6.07) is 15.3. The Morgan fingerprint density at radius 3 is 2.54 bits per heavy atom. The van der Waals surface area contributed by atoms with Crippen LogP contribution in [0.2, 0.25) is 0 Å². The van der Waals surface area contributed by atoms with Crippen molar-refractivity contribution < 1.29 is 14.3 Å². The second-order valence-corrected chi connectivity index (χ2v) is 7.44. The van der Waals surface area contributed by atoms with E-state index in [9.17, 15) is 9.59 Å². The lowest BCUT2D eigenvalue weighted by Gasteiger charge is -2.24. The van der Waals surface area contributed by atoms with Crippen molar-refractivity contribution in [1.29, 1.82) is 0 Å². The molecule has 0 atom stereocenters. The highest BCUT2D eigenvalue weighted by Crippen LogP contribution is 2.31. The zero-order valence-electron chi connectivity index (χ0n) is 15.4. The van der Waals surface area contributed by atoms with Crippen molar-refractivity contribution in [2.75, 3.05) is 16.8 Å². The number of nitrogens with one attached hydrogen (secondary N) is 1. The van der Waals surface area contributed by atoms with Gasteiger partial charge in [0.2, 0.25) is 5.91 Å². The van der Waals surface area contributed by atoms with E-state index in [0.29, 0.717) is 13.0 Å². The second kappa shape index (κ2) is 7.20. The molecule has 1 aliphatic rings. The molecule has 0 aliphatic carbocycles. The fraction of sp³-hybridized carbons (Fsp3) is 0.333. The largest absolute Gasteiger partial charge is 0.443 e. The van der Waals surface area contributed by atoms with Crippen LogP contribution in [0.4, 0.5) is 16.2 Å². The topological polar surface area (TPSA) is 58.6 Å². The number of hydrogen-bond acceptors (Lipinski definition) is 3. The molecule has 2 amide bonds. The average Bonchev–Trinajstić information content (AvgIpc) is 2.97. The van der Waals surface area contributed by atoms with Crippen LogP contribution in [0.1, 0.15) is 31.9 Å². The van der Waals surface area contributed by atoms with Crippen molar-refractivity contribution in [3.8, 4) is 0 Å². The maximum Gasteiger partial charge on any atom is 0.414 e. The highest BCUT2D eigenvalue weighted by Gasteiger charge is 2.29. The highest BCUT2D eigenvalue weighted by atomic mass is 16.6.